The van der Waals surface area contributed by atoms with Gasteiger partial charge in [0.05, 0.1) is 12.9 Å². The molecule has 0 saturated heterocycles. The normalized spacial score (nSPS) is 10.8. The molecule has 2 aromatic rings. The maximum atomic E-state index is 11.2. The third kappa shape index (κ3) is 4.72. The van der Waals surface area contributed by atoms with E-state index in [1.807, 2.05) is 23.7 Å². The van der Waals surface area contributed by atoms with Crippen LogP contribution in [0.3, 0.4) is 0 Å². The Labute approximate surface area is 140 Å². The van der Waals surface area contributed by atoms with Crippen LogP contribution in [-0.2, 0) is 23.2 Å². The molecule has 0 radical (unpaired) electrons. The van der Waals surface area contributed by atoms with Gasteiger partial charge in [-0.15, -0.1) is 10.2 Å². The lowest BCUT2D eigenvalue weighted by Gasteiger charge is -2.09. The number of carbonyl (C=O) groups excluding carboxylic acids is 1. The third-order valence-electron chi connectivity index (χ3n) is 3.39. The SMILES string of the molecule is COC(=O)CSc1nnc(COc2ccc(C(C)C)cc2)n1C. The summed E-state index contributed by atoms with van der Waals surface area (Å²) in [6.07, 6.45) is 0. The van der Waals surface area contributed by atoms with Crippen LogP contribution in [0.1, 0.15) is 31.2 Å². The number of esters is 1. The summed E-state index contributed by atoms with van der Waals surface area (Å²) in [5, 5.41) is 8.81. The number of hydrogen-bond donors (Lipinski definition) is 0. The minimum Gasteiger partial charge on any atom is -0.486 e. The molecule has 0 aliphatic carbocycles. The molecule has 0 spiro atoms. The molecule has 1 aromatic heterocycles. The molecule has 2 rings (SSSR count). The highest BCUT2D eigenvalue weighted by Crippen LogP contribution is 2.20. The van der Waals surface area contributed by atoms with Gasteiger partial charge in [0.2, 0.25) is 0 Å². The van der Waals surface area contributed by atoms with Crippen molar-refractivity contribution in [1.82, 2.24) is 14.8 Å². The van der Waals surface area contributed by atoms with E-state index in [2.05, 4.69) is 40.9 Å². The third-order valence-corrected chi connectivity index (χ3v) is 4.38. The highest BCUT2D eigenvalue weighted by molar-refractivity contribution is 7.99. The molecule has 0 amide bonds. The Balaban J connectivity index is 1.93. The molecule has 0 N–H and O–H groups in total. The van der Waals surface area contributed by atoms with Gasteiger partial charge < -0.3 is 14.0 Å². The van der Waals surface area contributed by atoms with Gasteiger partial charge in [-0.25, -0.2) is 0 Å². The molecule has 0 fully saturated rings. The van der Waals surface area contributed by atoms with E-state index in [1.54, 1.807) is 0 Å². The van der Waals surface area contributed by atoms with E-state index in [0.29, 0.717) is 23.5 Å². The molecular weight excluding hydrogens is 314 g/mol. The second-order valence-corrected chi connectivity index (χ2v) is 6.28. The van der Waals surface area contributed by atoms with E-state index in [-0.39, 0.29) is 11.7 Å². The van der Waals surface area contributed by atoms with Gasteiger partial charge in [0.1, 0.15) is 12.4 Å². The first kappa shape index (κ1) is 17.3. The summed E-state index contributed by atoms with van der Waals surface area (Å²) >= 11 is 1.29. The summed E-state index contributed by atoms with van der Waals surface area (Å²) in [6, 6.07) is 8.04. The lowest BCUT2D eigenvalue weighted by molar-refractivity contribution is -0.137. The number of hydrogen-bond acceptors (Lipinski definition) is 6. The fraction of sp³-hybridized carbons (Fsp3) is 0.438. The Bertz CT molecular complexity index is 653. The first-order valence-electron chi connectivity index (χ1n) is 7.32. The van der Waals surface area contributed by atoms with Gasteiger partial charge in [0.25, 0.3) is 0 Å². The highest BCUT2D eigenvalue weighted by atomic mass is 32.2. The Morgan fingerprint density at radius 1 is 1.26 bits per heavy atom. The van der Waals surface area contributed by atoms with E-state index in [1.165, 1.54) is 24.4 Å². The Hall–Kier alpha value is -2.02. The number of carbonyl (C=O) groups is 1. The summed E-state index contributed by atoms with van der Waals surface area (Å²) in [5.74, 6) is 1.91. The summed E-state index contributed by atoms with van der Waals surface area (Å²) in [7, 11) is 3.21. The van der Waals surface area contributed by atoms with Crippen molar-refractivity contribution in [3.63, 3.8) is 0 Å². The molecule has 7 heteroatoms. The van der Waals surface area contributed by atoms with Crippen molar-refractivity contribution >= 4 is 17.7 Å². The smallest absolute Gasteiger partial charge is 0.316 e. The molecule has 1 aromatic carbocycles. The van der Waals surface area contributed by atoms with Crippen molar-refractivity contribution in [3.05, 3.63) is 35.7 Å². The van der Waals surface area contributed by atoms with Gasteiger partial charge in [0.15, 0.2) is 11.0 Å². The zero-order chi connectivity index (χ0) is 16.8. The van der Waals surface area contributed by atoms with Gasteiger partial charge in [0, 0.05) is 7.05 Å². The number of ether oxygens (including phenoxy) is 2. The van der Waals surface area contributed by atoms with Crippen molar-refractivity contribution in [3.8, 4) is 5.75 Å². The second kappa shape index (κ2) is 8.01. The van der Waals surface area contributed by atoms with Crippen LogP contribution < -0.4 is 4.74 Å². The molecule has 124 valence electrons. The fourth-order valence-electron chi connectivity index (χ4n) is 1.88. The van der Waals surface area contributed by atoms with Crippen molar-refractivity contribution in [2.75, 3.05) is 12.9 Å². The van der Waals surface area contributed by atoms with Crippen molar-refractivity contribution in [2.24, 2.45) is 7.05 Å². The number of rotatable bonds is 7. The quantitative estimate of drug-likeness (QED) is 0.572. The molecular formula is C16H21N3O3S. The van der Waals surface area contributed by atoms with E-state index in [9.17, 15) is 4.79 Å². The molecule has 0 bridgehead atoms. The molecule has 0 unspecified atom stereocenters. The maximum Gasteiger partial charge on any atom is 0.316 e. The van der Waals surface area contributed by atoms with Crippen molar-refractivity contribution in [1.29, 1.82) is 0 Å². The van der Waals surface area contributed by atoms with Crippen molar-refractivity contribution in [2.45, 2.75) is 31.5 Å². The zero-order valence-corrected chi connectivity index (χ0v) is 14.6. The van der Waals surface area contributed by atoms with Crippen LogP contribution in [0.2, 0.25) is 0 Å². The van der Waals surface area contributed by atoms with Gasteiger partial charge in [-0.2, -0.15) is 0 Å². The molecule has 0 aliphatic rings. The maximum absolute atomic E-state index is 11.2. The number of methoxy groups -OCH3 is 1. The Morgan fingerprint density at radius 3 is 2.57 bits per heavy atom. The predicted molar refractivity (Wildman–Crippen MR) is 88.6 cm³/mol. The molecule has 0 aliphatic heterocycles. The summed E-state index contributed by atoms with van der Waals surface area (Å²) < 4.78 is 12.2. The predicted octanol–water partition coefficient (Wildman–Crippen LogP) is 2.78. The minimum atomic E-state index is -0.291. The van der Waals surface area contributed by atoms with Gasteiger partial charge in [-0.3, -0.25) is 4.79 Å². The molecule has 6 nitrogen and oxygen atoms in total. The van der Waals surface area contributed by atoms with E-state index in [4.69, 9.17) is 4.74 Å². The van der Waals surface area contributed by atoms with Crippen LogP contribution in [0, 0.1) is 0 Å². The monoisotopic (exact) mass is 335 g/mol. The van der Waals surface area contributed by atoms with Crippen molar-refractivity contribution < 1.29 is 14.3 Å². The number of nitrogens with zero attached hydrogens (tertiary/aromatic N) is 3. The van der Waals surface area contributed by atoms with E-state index in [0.717, 1.165) is 5.75 Å². The van der Waals surface area contributed by atoms with Gasteiger partial charge >= 0.3 is 5.97 Å². The lowest BCUT2D eigenvalue weighted by atomic mass is 10.0. The molecule has 0 saturated carbocycles. The van der Waals surface area contributed by atoms with E-state index < -0.39 is 0 Å². The Kier molecular flexibility index (Phi) is 6.04. The van der Waals surface area contributed by atoms with Crippen LogP contribution in [0.15, 0.2) is 29.4 Å². The first-order chi connectivity index (χ1) is 11.0. The van der Waals surface area contributed by atoms with Crippen LogP contribution in [0.5, 0.6) is 5.75 Å². The molecule has 1 heterocycles. The summed E-state index contributed by atoms with van der Waals surface area (Å²) in [6.45, 7) is 4.63. The number of aromatic nitrogens is 3. The largest absolute Gasteiger partial charge is 0.486 e. The average Bonchev–Trinajstić information content (AvgIpc) is 2.91. The van der Waals surface area contributed by atoms with E-state index >= 15 is 0 Å². The molecule has 0 atom stereocenters. The lowest BCUT2D eigenvalue weighted by Crippen LogP contribution is -2.06. The van der Waals surface area contributed by atoms with Gasteiger partial charge in [-0.1, -0.05) is 37.7 Å². The fourth-order valence-corrected chi connectivity index (χ4v) is 2.64. The van der Waals surface area contributed by atoms with Crippen LogP contribution in [-0.4, -0.2) is 33.6 Å². The number of benzene rings is 1. The topological polar surface area (TPSA) is 66.2 Å². The van der Waals surface area contributed by atoms with Crippen LogP contribution in [0.4, 0.5) is 0 Å². The highest BCUT2D eigenvalue weighted by Gasteiger charge is 2.12. The Morgan fingerprint density at radius 2 is 1.96 bits per heavy atom. The zero-order valence-electron chi connectivity index (χ0n) is 13.8. The average molecular weight is 335 g/mol. The minimum absolute atomic E-state index is 0.208. The van der Waals surface area contributed by atoms with Crippen LogP contribution in [0.25, 0.3) is 0 Å². The summed E-state index contributed by atoms with van der Waals surface area (Å²) in [4.78, 5) is 11.2. The van der Waals surface area contributed by atoms with Crippen LogP contribution >= 0.6 is 11.8 Å². The number of thioether (sulfide) groups is 1. The summed E-state index contributed by atoms with van der Waals surface area (Å²) in [5.41, 5.74) is 1.28. The van der Waals surface area contributed by atoms with Gasteiger partial charge in [-0.05, 0) is 23.6 Å². The standard InChI is InChI=1S/C16H21N3O3S/c1-11(2)12-5-7-13(8-6-12)22-9-14-17-18-16(19(14)3)23-10-15(20)21-4/h5-8,11H,9-10H2,1-4H3. The second-order valence-electron chi connectivity index (χ2n) is 5.34. The first-order valence-corrected chi connectivity index (χ1v) is 8.30. The molecule has 23 heavy (non-hydrogen) atoms.